The van der Waals surface area contributed by atoms with Crippen LogP contribution >= 0.6 is 0 Å². The molecule has 1 unspecified atom stereocenters. The van der Waals surface area contributed by atoms with Crippen LogP contribution in [0.3, 0.4) is 0 Å². The van der Waals surface area contributed by atoms with Crippen LogP contribution in [0.25, 0.3) is 0 Å². The van der Waals surface area contributed by atoms with Gasteiger partial charge in [0.2, 0.25) is 5.91 Å². The third kappa shape index (κ3) is 3.85. The highest BCUT2D eigenvalue weighted by atomic mass is 16.5. The van der Waals surface area contributed by atoms with Crippen LogP contribution in [0.1, 0.15) is 31.2 Å². The molecule has 126 valence electrons. The van der Waals surface area contributed by atoms with Gasteiger partial charge in [0.05, 0.1) is 19.6 Å². The van der Waals surface area contributed by atoms with Crippen molar-refractivity contribution in [3.05, 3.63) is 29.8 Å². The molecule has 0 aromatic heterocycles. The lowest BCUT2D eigenvalue weighted by Crippen LogP contribution is -2.48. The second-order valence-corrected chi connectivity index (χ2v) is 6.60. The Labute approximate surface area is 137 Å². The molecule has 1 heterocycles. The molecular formula is C18H26N2O3. The number of benzene rings is 1. The minimum absolute atomic E-state index is 0.0474. The standard InChI is InChI=1S/C18H26N2O3/c1-23-17-8-3-2-5-13(17)11-18(22)19-15-6-4-7-16(15)20-10-9-14(21)12-20/h2-3,5,8,14-16,21H,4,6-7,9-12H2,1H3,(H,19,22)/t14?,15-,16+/m1/s1. The number of carbonyl (C=O) groups is 1. The SMILES string of the molecule is COc1ccccc1CC(=O)N[C@@H]1CCC[C@@H]1N1CCC(O)C1. The summed E-state index contributed by atoms with van der Waals surface area (Å²) in [6, 6.07) is 8.21. The summed E-state index contributed by atoms with van der Waals surface area (Å²) in [7, 11) is 1.63. The Kier molecular flexibility index (Phi) is 5.18. The lowest BCUT2D eigenvalue weighted by atomic mass is 10.1. The molecule has 2 fully saturated rings. The molecule has 0 spiro atoms. The first kappa shape index (κ1) is 16.3. The van der Waals surface area contributed by atoms with Crippen molar-refractivity contribution in [1.29, 1.82) is 0 Å². The van der Waals surface area contributed by atoms with Crippen LogP contribution in [0.5, 0.6) is 5.75 Å². The van der Waals surface area contributed by atoms with Crippen LogP contribution in [0.2, 0.25) is 0 Å². The van der Waals surface area contributed by atoms with Gasteiger partial charge < -0.3 is 15.2 Å². The van der Waals surface area contributed by atoms with E-state index in [4.69, 9.17) is 4.74 Å². The summed E-state index contributed by atoms with van der Waals surface area (Å²) < 4.78 is 5.31. The second kappa shape index (κ2) is 7.32. The summed E-state index contributed by atoms with van der Waals surface area (Å²) in [6.07, 6.45) is 4.24. The van der Waals surface area contributed by atoms with Crippen molar-refractivity contribution < 1.29 is 14.6 Å². The average Bonchev–Trinajstić information content (AvgIpc) is 3.16. The summed E-state index contributed by atoms with van der Waals surface area (Å²) in [5, 5.41) is 12.9. The van der Waals surface area contributed by atoms with Gasteiger partial charge in [-0.25, -0.2) is 0 Å². The zero-order valence-corrected chi connectivity index (χ0v) is 13.7. The Morgan fingerprint density at radius 2 is 2.17 bits per heavy atom. The Hall–Kier alpha value is -1.59. The molecule has 5 heteroatoms. The zero-order chi connectivity index (χ0) is 16.2. The predicted molar refractivity (Wildman–Crippen MR) is 88.5 cm³/mol. The lowest BCUT2D eigenvalue weighted by Gasteiger charge is -2.29. The van der Waals surface area contributed by atoms with Gasteiger partial charge in [0.15, 0.2) is 0 Å². The summed E-state index contributed by atoms with van der Waals surface area (Å²) >= 11 is 0. The number of likely N-dealkylation sites (tertiary alicyclic amines) is 1. The number of aliphatic hydroxyl groups excluding tert-OH is 1. The third-order valence-corrected chi connectivity index (χ3v) is 5.03. The van der Waals surface area contributed by atoms with Crippen molar-refractivity contribution in [2.75, 3.05) is 20.2 Å². The number of hydrogen-bond acceptors (Lipinski definition) is 4. The first-order valence-electron chi connectivity index (χ1n) is 8.50. The molecule has 2 aliphatic rings. The van der Waals surface area contributed by atoms with E-state index in [1.54, 1.807) is 7.11 Å². The molecular weight excluding hydrogens is 292 g/mol. The molecule has 0 bridgehead atoms. The number of para-hydroxylation sites is 1. The number of rotatable bonds is 5. The molecule has 1 aromatic carbocycles. The number of methoxy groups -OCH3 is 1. The van der Waals surface area contributed by atoms with Crippen LogP contribution in [0.4, 0.5) is 0 Å². The zero-order valence-electron chi connectivity index (χ0n) is 13.7. The number of aliphatic hydroxyl groups is 1. The molecule has 23 heavy (non-hydrogen) atoms. The van der Waals surface area contributed by atoms with E-state index in [2.05, 4.69) is 10.2 Å². The maximum absolute atomic E-state index is 12.4. The fourth-order valence-electron chi connectivity index (χ4n) is 3.90. The monoisotopic (exact) mass is 318 g/mol. The van der Waals surface area contributed by atoms with Gasteiger partial charge in [0.25, 0.3) is 0 Å². The molecule has 3 atom stereocenters. The van der Waals surface area contributed by atoms with E-state index >= 15 is 0 Å². The van der Waals surface area contributed by atoms with Crippen molar-refractivity contribution in [2.24, 2.45) is 0 Å². The molecule has 1 aliphatic carbocycles. The maximum atomic E-state index is 12.4. The fourth-order valence-corrected chi connectivity index (χ4v) is 3.90. The van der Waals surface area contributed by atoms with Crippen LogP contribution in [0.15, 0.2) is 24.3 Å². The van der Waals surface area contributed by atoms with Crippen LogP contribution < -0.4 is 10.1 Å². The van der Waals surface area contributed by atoms with Crippen LogP contribution in [-0.4, -0.2) is 54.3 Å². The van der Waals surface area contributed by atoms with Gasteiger partial charge in [-0.1, -0.05) is 18.2 Å². The summed E-state index contributed by atoms with van der Waals surface area (Å²) in [5.74, 6) is 0.805. The molecule has 1 amide bonds. The van der Waals surface area contributed by atoms with Crippen molar-refractivity contribution in [3.63, 3.8) is 0 Å². The van der Waals surface area contributed by atoms with Gasteiger partial charge in [-0.15, -0.1) is 0 Å². The summed E-state index contributed by atoms with van der Waals surface area (Å²) in [4.78, 5) is 14.8. The number of nitrogens with zero attached hydrogens (tertiary/aromatic N) is 1. The first-order valence-corrected chi connectivity index (χ1v) is 8.50. The van der Waals surface area contributed by atoms with Gasteiger partial charge in [-0.3, -0.25) is 9.69 Å². The number of carbonyl (C=O) groups excluding carboxylic acids is 1. The smallest absolute Gasteiger partial charge is 0.224 e. The first-order chi connectivity index (χ1) is 11.2. The molecule has 3 rings (SSSR count). The molecule has 1 saturated carbocycles. The predicted octanol–water partition coefficient (Wildman–Crippen LogP) is 1.34. The van der Waals surface area contributed by atoms with Crippen molar-refractivity contribution >= 4 is 5.91 Å². The Balaban J connectivity index is 1.58. The highest BCUT2D eigenvalue weighted by Gasteiger charge is 2.36. The molecule has 2 N–H and O–H groups in total. The van der Waals surface area contributed by atoms with E-state index < -0.39 is 0 Å². The minimum atomic E-state index is -0.208. The summed E-state index contributed by atoms with van der Waals surface area (Å²) in [6.45, 7) is 1.67. The number of amides is 1. The molecule has 5 nitrogen and oxygen atoms in total. The number of nitrogens with one attached hydrogen (secondary N) is 1. The number of hydrogen-bond donors (Lipinski definition) is 2. The average molecular weight is 318 g/mol. The Morgan fingerprint density at radius 3 is 2.91 bits per heavy atom. The Morgan fingerprint density at radius 1 is 1.35 bits per heavy atom. The normalized spacial score (nSPS) is 28.0. The van der Waals surface area contributed by atoms with Gasteiger partial charge in [-0.05, 0) is 31.7 Å². The van der Waals surface area contributed by atoms with Gasteiger partial charge >= 0.3 is 0 Å². The van der Waals surface area contributed by atoms with E-state index in [1.807, 2.05) is 24.3 Å². The van der Waals surface area contributed by atoms with Crippen molar-refractivity contribution in [3.8, 4) is 5.75 Å². The van der Waals surface area contributed by atoms with Gasteiger partial charge in [0, 0.05) is 30.7 Å². The van der Waals surface area contributed by atoms with E-state index in [0.29, 0.717) is 12.5 Å². The van der Waals surface area contributed by atoms with E-state index in [9.17, 15) is 9.90 Å². The van der Waals surface area contributed by atoms with Crippen molar-refractivity contribution in [2.45, 2.75) is 50.3 Å². The topological polar surface area (TPSA) is 61.8 Å². The summed E-state index contributed by atoms with van der Waals surface area (Å²) in [5.41, 5.74) is 0.915. The van der Waals surface area contributed by atoms with E-state index in [-0.39, 0.29) is 18.1 Å². The molecule has 1 aromatic rings. The van der Waals surface area contributed by atoms with E-state index in [0.717, 1.165) is 50.1 Å². The maximum Gasteiger partial charge on any atom is 0.224 e. The van der Waals surface area contributed by atoms with Crippen LogP contribution in [-0.2, 0) is 11.2 Å². The second-order valence-electron chi connectivity index (χ2n) is 6.60. The largest absolute Gasteiger partial charge is 0.496 e. The highest BCUT2D eigenvalue weighted by Crippen LogP contribution is 2.27. The third-order valence-electron chi connectivity index (χ3n) is 5.03. The van der Waals surface area contributed by atoms with E-state index in [1.165, 1.54) is 0 Å². The lowest BCUT2D eigenvalue weighted by molar-refractivity contribution is -0.121. The van der Waals surface area contributed by atoms with Crippen molar-refractivity contribution in [1.82, 2.24) is 10.2 Å². The Bertz CT molecular complexity index is 549. The molecule has 1 saturated heterocycles. The minimum Gasteiger partial charge on any atom is -0.496 e. The van der Waals surface area contributed by atoms with Crippen LogP contribution in [0, 0.1) is 0 Å². The molecule has 0 radical (unpaired) electrons. The number of ether oxygens (including phenoxy) is 1. The quantitative estimate of drug-likeness (QED) is 0.860. The number of β-amino-alcohol motifs (C(OH)–C–C–N with tert-alkyl or cyclic N) is 1. The molecule has 1 aliphatic heterocycles. The van der Waals surface area contributed by atoms with Gasteiger partial charge in [-0.2, -0.15) is 0 Å². The van der Waals surface area contributed by atoms with Gasteiger partial charge in [0.1, 0.15) is 5.75 Å². The highest BCUT2D eigenvalue weighted by molar-refractivity contribution is 5.79. The fraction of sp³-hybridized carbons (Fsp3) is 0.611.